The Balaban J connectivity index is 0.799. The van der Waals surface area contributed by atoms with Crippen molar-refractivity contribution in [2.75, 3.05) is 54.4 Å². The highest BCUT2D eigenvalue weighted by molar-refractivity contribution is 6.01. The van der Waals surface area contributed by atoms with E-state index in [0.717, 1.165) is 60.4 Å². The van der Waals surface area contributed by atoms with Gasteiger partial charge in [0.1, 0.15) is 23.7 Å². The molecule has 0 spiro atoms. The Kier molecular flexibility index (Phi) is 12.9. The summed E-state index contributed by atoms with van der Waals surface area (Å²) in [6.45, 7) is 9.34. The number of hydrogen-bond acceptors (Lipinski definition) is 12. The van der Waals surface area contributed by atoms with E-state index in [1.165, 1.54) is 6.07 Å². The van der Waals surface area contributed by atoms with Crippen molar-refractivity contribution in [3.05, 3.63) is 78.8 Å². The Morgan fingerprint density at radius 3 is 2.32 bits per heavy atom. The summed E-state index contributed by atoms with van der Waals surface area (Å²) in [6.07, 6.45) is 14.0. The zero-order valence-corrected chi connectivity index (χ0v) is 38.9. The Bertz CT molecular complexity index is 2740. The molecular formula is C50H59FN12O5. The van der Waals surface area contributed by atoms with E-state index in [1.54, 1.807) is 22.8 Å². The number of imide groups is 1. The molecule has 4 fully saturated rings. The topological polar surface area (TPSA) is 206 Å². The predicted octanol–water partition coefficient (Wildman–Crippen LogP) is 5.59. The lowest BCUT2D eigenvalue weighted by molar-refractivity contribution is -0.139. The van der Waals surface area contributed by atoms with Crippen LogP contribution in [0.2, 0.25) is 0 Å². The first-order valence-corrected chi connectivity index (χ1v) is 23.9. The van der Waals surface area contributed by atoms with Crippen LogP contribution in [-0.4, -0.2) is 115 Å². The van der Waals surface area contributed by atoms with E-state index in [4.69, 9.17) is 10.1 Å². The molecular weight excluding hydrogens is 868 g/mol. The first kappa shape index (κ1) is 46.2. The second kappa shape index (κ2) is 19.0. The molecule has 4 aromatic heterocycles. The molecule has 4 N–H and O–H groups in total. The van der Waals surface area contributed by atoms with Crippen LogP contribution in [0.4, 0.5) is 21.6 Å². The molecule has 4 aliphatic heterocycles. The van der Waals surface area contributed by atoms with Crippen LogP contribution in [0.1, 0.15) is 96.6 Å². The van der Waals surface area contributed by atoms with Gasteiger partial charge in [0.15, 0.2) is 0 Å². The molecule has 4 aliphatic rings. The van der Waals surface area contributed by atoms with Crippen molar-refractivity contribution in [1.29, 1.82) is 5.26 Å². The second-order valence-electron chi connectivity index (χ2n) is 19.3. The molecule has 1 unspecified atom stereocenters. The van der Waals surface area contributed by atoms with Crippen LogP contribution in [0, 0.1) is 22.6 Å². The van der Waals surface area contributed by atoms with Crippen LogP contribution in [0.25, 0.3) is 27.8 Å². The lowest BCUT2D eigenvalue weighted by atomic mass is 9.75. The Hall–Kier alpha value is -6.87. The molecule has 1 aromatic carbocycles. The summed E-state index contributed by atoms with van der Waals surface area (Å²) < 4.78 is 19.0. The maximum atomic E-state index is 15.3. The van der Waals surface area contributed by atoms with Crippen molar-refractivity contribution < 1.29 is 28.7 Å². The van der Waals surface area contributed by atoms with Gasteiger partial charge in [0, 0.05) is 98.3 Å². The van der Waals surface area contributed by atoms with Crippen LogP contribution < -0.4 is 25.8 Å². The number of amides is 4. The summed E-state index contributed by atoms with van der Waals surface area (Å²) in [7, 11) is 0. The molecule has 8 heterocycles. The first-order valence-electron chi connectivity index (χ1n) is 23.9. The van der Waals surface area contributed by atoms with Gasteiger partial charge in [-0.2, -0.15) is 15.5 Å². The molecule has 0 bridgehead atoms. The number of rotatable bonds is 12. The number of carbonyl (C=O) groups excluding carboxylic acids is 4. The Labute approximate surface area is 394 Å². The number of piperidine rings is 4. The fourth-order valence-electron chi connectivity index (χ4n) is 10.3. The molecule has 18 heteroatoms. The van der Waals surface area contributed by atoms with Gasteiger partial charge in [0.05, 0.1) is 52.6 Å². The number of halogens is 1. The maximum Gasteiger partial charge on any atom is 0.249 e. The third-order valence-corrected chi connectivity index (χ3v) is 14.6. The molecule has 5 aromatic rings. The molecule has 17 nitrogen and oxygen atoms in total. The molecule has 356 valence electrons. The van der Waals surface area contributed by atoms with E-state index in [2.05, 4.69) is 38.9 Å². The minimum Gasteiger partial charge on any atom is -0.389 e. The molecule has 0 saturated carbocycles. The molecule has 0 radical (unpaired) electrons. The number of carbonyl (C=O) groups is 4. The smallest absolute Gasteiger partial charge is 0.249 e. The molecule has 68 heavy (non-hydrogen) atoms. The maximum absolute atomic E-state index is 15.3. The number of hydrogen-bond donors (Lipinski definition) is 4. The van der Waals surface area contributed by atoms with Gasteiger partial charge < -0.3 is 30.4 Å². The lowest BCUT2D eigenvalue weighted by Gasteiger charge is -2.41. The van der Waals surface area contributed by atoms with Crippen molar-refractivity contribution >= 4 is 46.3 Å². The van der Waals surface area contributed by atoms with Crippen molar-refractivity contribution in [2.24, 2.45) is 5.41 Å². The highest BCUT2D eigenvalue weighted by Gasteiger charge is 2.41. The van der Waals surface area contributed by atoms with Gasteiger partial charge in [-0.3, -0.25) is 29.2 Å². The number of benzene rings is 1. The Morgan fingerprint density at radius 2 is 1.66 bits per heavy atom. The van der Waals surface area contributed by atoms with Gasteiger partial charge in [0.25, 0.3) is 0 Å². The third-order valence-electron chi connectivity index (χ3n) is 14.6. The normalized spacial score (nSPS) is 19.8. The van der Waals surface area contributed by atoms with Crippen LogP contribution in [-0.2, 0) is 19.2 Å². The number of aliphatic hydroxyl groups is 1. The fourth-order valence-corrected chi connectivity index (χ4v) is 10.3. The van der Waals surface area contributed by atoms with Crippen molar-refractivity contribution in [2.45, 2.75) is 109 Å². The number of anilines is 3. The summed E-state index contributed by atoms with van der Waals surface area (Å²) >= 11 is 0. The Morgan fingerprint density at radius 1 is 0.912 bits per heavy atom. The van der Waals surface area contributed by atoms with Gasteiger partial charge in [-0.05, 0) is 102 Å². The van der Waals surface area contributed by atoms with Crippen LogP contribution in [0.5, 0.6) is 0 Å². The summed E-state index contributed by atoms with van der Waals surface area (Å²) in [4.78, 5) is 61.1. The predicted molar refractivity (Wildman–Crippen MR) is 254 cm³/mol. The van der Waals surface area contributed by atoms with E-state index in [-0.39, 0.29) is 48.1 Å². The van der Waals surface area contributed by atoms with Gasteiger partial charge in [0.2, 0.25) is 23.6 Å². The number of pyridine rings is 2. The standard InChI is InChI=1S/C50H59FN12O5/c1-4-49(48(67)56-32(2)3)13-19-60(20-14-49)43-9-5-33(27-53-43)39-23-34(30-63-46(39)35(26-52)28-55-63)36-29-54-62(31-36)38-11-17-61(18-12-38)45(65)25-50(68)15-21-59(22-16-50)42-8-6-37(24-40(42)51)57-41-7-10-44(64)58-47(41)66/h5-6,8-9,23-24,27-32,38,41,57,68H,4,7,10-22,25H2,1-3H3,(H,56,67)(H,58,64,66). The van der Waals surface area contributed by atoms with E-state index in [0.29, 0.717) is 80.7 Å². The van der Waals surface area contributed by atoms with Gasteiger partial charge in [-0.1, -0.05) is 6.92 Å². The number of fused-ring (bicyclic) bond motifs is 1. The SMILES string of the molecule is CCC1(C(=O)NC(C)C)CCN(c2ccc(-c3cc(-c4cnn(C5CCN(C(=O)CC6(O)CCN(c7ccc(NC8CCC(=O)NC8=O)cc7F)CC6)CC5)c4)cn4ncc(C#N)c34)cn2)CC1. The molecule has 4 saturated heterocycles. The highest BCUT2D eigenvalue weighted by Crippen LogP contribution is 2.39. The van der Waals surface area contributed by atoms with E-state index in [9.17, 15) is 29.5 Å². The largest absolute Gasteiger partial charge is 0.389 e. The number of nitriles is 1. The van der Waals surface area contributed by atoms with E-state index in [1.807, 2.05) is 71.3 Å². The molecule has 0 aliphatic carbocycles. The lowest BCUT2D eigenvalue weighted by Crippen LogP contribution is -2.50. The second-order valence-corrected chi connectivity index (χ2v) is 19.3. The molecule has 9 rings (SSSR count). The third kappa shape index (κ3) is 9.49. The van der Waals surface area contributed by atoms with Gasteiger partial charge in [-0.25, -0.2) is 13.9 Å². The van der Waals surface area contributed by atoms with Crippen LogP contribution in [0.15, 0.2) is 67.4 Å². The van der Waals surface area contributed by atoms with E-state index < -0.39 is 23.4 Å². The number of likely N-dealkylation sites (tertiary alicyclic amines) is 1. The van der Waals surface area contributed by atoms with Gasteiger partial charge >= 0.3 is 0 Å². The summed E-state index contributed by atoms with van der Waals surface area (Å²) in [6, 6.07) is 12.6. The first-order chi connectivity index (χ1) is 32.7. The van der Waals surface area contributed by atoms with Crippen LogP contribution >= 0.6 is 0 Å². The van der Waals surface area contributed by atoms with Gasteiger partial charge in [-0.15, -0.1) is 0 Å². The quantitative estimate of drug-likeness (QED) is 0.113. The van der Waals surface area contributed by atoms with Crippen molar-refractivity contribution in [1.82, 2.24) is 39.9 Å². The zero-order chi connectivity index (χ0) is 47.7. The molecule has 4 amide bonds. The average Bonchev–Trinajstić information content (AvgIpc) is 4.01. The summed E-state index contributed by atoms with van der Waals surface area (Å²) in [5.74, 6) is -0.334. The highest BCUT2D eigenvalue weighted by atomic mass is 19.1. The number of aromatic nitrogens is 5. The number of nitrogens with one attached hydrogen (secondary N) is 3. The van der Waals surface area contributed by atoms with Crippen molar-refractivity contribution in [3.63, 3.8) is 0 Å². The molecule has 1 atom stereocenters. The zero-order valence-electron chi connectivity index (χ0n) is 38.9. The summed E-state index contributed by atoms with van der Waals surface area (Å²) in [5, 5.41) is 39.3. The minimum absolute atomic E-state index is 0.00475. The van der Waals surface area contributed by atoms with Crippen LogP contribution in [0.3, 0.4) is 0 Å². The monoisotopic (exact) mass is 926 g/mol. The summed E-state index contributed by atoms with van der Waals surface area (Å²) in [5.41, 5.74) is 3.81. The average molecular weight is 927 g/mol. The fraction of sp³-hybridized carbons (Fsp3) is 0.480. The van der Waals surface area contributed by atoms with Crippen molar-refractivity contribution in [3.8, 4) is 28.3 Å². The van der Waals surface area contributed by atoms with E-state index >= 15 is 4.39 Å². The number of nitrogens with zero attached hydrogens (tertiary/aromatic N) is 9. The minimum atomic E-state index is -1.20.